The molecule has 0 unspecified atom stereocenters. The van der Waals surface area contributed by atoms with E-state index in [0.717, 1.165) is 27.4 Å². The molecule has 2 aromatic heterocycles. The van der Waals surface area contributed by atoms with Gasteiger partial charge in [-0.05, 0) is 24.6 Å². The maximum atomic E-state index is 5.43. The van der Waals surface area contributed by atoms with E-state index in [-0.39, 0.29) is 0 Å². The molecule has 0 fully saturated rings. The van der Waals surface area contributed by atoms with Crippen molar-refractivity contribution < 1.29 is 14.0 Å². The lowest BCUT2D eigenvalue weighted by Gasteiger charge is -2.08. The van der Waals surface area contributed by atoms with Gasteiger partial charge in [-0.15, -0.1) is 11.3 Å². The van der Waals surface area contributed by atoms with Crippen LogP contribution in [0.15, 0.2) is 52.4 Å². The zero-order valence-corrected chi connectivity index (χ0v) is 16.6. The van der Waals surface area contributed by atoms with Crippen molar-refractivity contribution in [2.45, 2.75) is 13.3 Å². The second-order valence-electron chi connectivity index (χ2n) is 6.21. The van der Waals surface area contributed by atoms with Crippen molar-refractivity contribution in [3.8, 4) is 34.1 Å². The van der Waals surface area contributed by atoms with Gasteiger partial charge in [-0.25, -0.2) is 4.98 Å². The number of ether oxygens (including phenoxy) is 2. The maximum Gasteiger partial charge on any atom is 0.231 e. The first-order valence-electron chi connectivity index (χ1n) is 8.72. The van der Waals surface area contributed by atoms with Crippen LogP contribution in [0.3, 0.4) is 0 Å². The van der Waals surface area contributed by atoms with Crippen LogP contribution in [-0.4, -0.2) is 29.3 Å². The number of nitrogens with zero attached hydrogens (tertiary/aromatic N) is 3. The number of thiazole rings is 1. The van der Waals surface area contributed by atoms with Gasteiger partial charge in [0.05, 0.1) is 31.3 Å². The Labute approximate surface area is 166 Å². The van der Waals surface area contributed by atoms with E-state index in [0.29, 0.717) is 29.6 Å². The molecule has 0 bridgehead atoms. The Morgan fingerprint density at radius 3 is 2.36 bits per heavy atom. The Kier molecular flexibility index (Phi) is 5.08. The van der Waals surface area contributed by atoms with Gasteiger partial charge in [0.25, 0.3) is 0 Å². The summed E-state index contributed by atoms with van der Waals surface area (Å²) >= 11 is 1.64. The minimum Gasteiger partial charge on any atom is -0.493 e. The van der Waals surface area contributed by atoms with Gasteiger partial charge in [0.15, 0.2) is 11.5 Å². The van der Waals surface area contributed by atoms with Crippen LogP contribution in [0.4, 0.5) is 0 Å². The minimum atomic E-state index is 0.517. The van der Waals surface area contributed by atoms with Gasteiger partial charge in [-0.3, -0.25) is 0 Å². The summed E-state index contributed by atoms with van der Waals surface area (Å²) in [6, 6.07) is 13.7. The van der Waals surface area contributed by atoms with E-state index < -0.39 is 0 Å². The van der Waals surface area contributed by atoms with Crippen molar-refractivity contribution in [3.05, 3.63) is 64.3 Å². The molecule has 0 aliphatic rings. The number of methoxy groups -OCH3 is 2. The van der Waals surface area contributed by atoms with Gasteiger partial charge in [-0.1, -0.05) is 35.5 Å². The van der Waals surface area contributed by atoms with Crippen LogP contribution in [0.5, 0.6) is 11.5 Å². The summed E-state index contributed by atoms with van der Waals surface area (Å²) < 4.78 is 16.0. The first-order valence-corrected chi connectivity index (χ1v) is 9.60. The summed E-state index contributed by atoms with van der Waals surface area (Å²) in [6.45, 7) is 2.00. The van der Waals surface area contributed by atoms with Gasteiger partial charge in [0, 0.05) is 16.5 Å². The summed E-state index contributed by atoms with van der Waals surface area (Å²) in [5.74, 6) is 2.47. The number of hydrogen-bond donors (Lipinski definition) is 0. The zero-order chi connectivity index (χ0) is 19.5. The highest BCUT2D eigenvalue weighted by Crippen LogP contribution is 2.29. The van der Waals surface area contributed by atoms with Gasteiger partial charge in [-0.2, -0.15) is 4.98 Å². The highest BCUT2D eigenvalue weighted by molar-refractivity contribution is 7.09. The van der Waals surface area contributed by atoms with Crippen molar-refractivity contribution in [1.29, 1.82) is 0 Å². The first-order chi connectivity index (χ1) is 13.7. The molecule has 7 heteroatoms. The molecular formula is C21H19N3O3S. The van der Waals surface area contributed by atoms with Crippen LogP contribution < -0.4 is 9.47 Å². The topological polar surface area (TPSA) is 70.3 Å². The second-order valence-corrected chi connectivity index (χ2v) is 7.27. The molecule has 0 radical (unpaired) electrons. The van der Waals surface area contributed by atoms with Crippen molar-refractivity contribution in [2.24, 2.45) is 0 Å². The van der Waals surface area contributed by atoms with Crippen molar-refractivity contribution in [2.75, 3.05) is 14.2 Å². The molecule has 4 aromatic rings. The fraction of sp³-hybridized carbons (Fsp3) is 0.190. The smallest absolute Gasteiger partial charge is 0.231 e. The first kappa shape index (κ1) is 18.2. The Hall–Kier alpha value is -3.19. The Balaban J connectivity index is 1.51. The van der Waals surface area contributed by atoms with Gasteiger partial charge in [0.2, 0.25) is 11.7 Å². The molecule has 0 saturated carbocycles. The van der Waals surface area contributed by atoms with E-state index in [1.165, 1.54) is 0 Å². The van der Waals surface area contributed by atoms with Crippen LogP contribution in [-0.2, 0) is 6.42 Å². The summed E-state index contributed by atoms with van der Waals surface area (Å²) in [5, 5.41) is 7.22. The summed E-state index contributed by atoms with van der Waals surface area (Å²) in [5.41, 5.74) is 3.96. The summed E-state index contributed by atoms with van der Waals surface area (Å²) in [6.07, 6.45) is 0.517. The molecule has 0 aliphatic heterocycles. The highest BCUT2D eigenvalue weighted by Gasteiger charge is 2.12. The van der Waals surface area contributed by atoms with E-state index in [9.17, 15) is 0 Å². The molecule has 142 valence electrons. The lowest BCUT2D eigenvalue weighted by molar-refractivity contribution is 0.354. The normalized spacial score (nSPS) is 10.8. The van der Waals surface area contributed by atoms with E-state index >= 15 is 0 Å². The Bertz CT molecular complexity index is 1090. The van der Waals surface area contributed by atoms with Crippen molar-refractivity contribution in [1.82, 2.24) is 15.1 Å². The second kappa shape index (κ2) is 7.82. The van der Waals surface area contributed by atoms with Gasteiger partial charge < -0.3 is 14.0 Å². The molecule has 28 heavy (non-hydrogen) atoms. The van der Waals surface area contributed by atoms with Gasteiger partial charge in [0.1, 0.15) is 0 Å². The molecule has 2 aromatic carbocycles. The third kappa shape index (κ3) is 3.75. The van der Waals surface area contributed by atoms with E-state index in [1.807, 2.05) is 49.4 Å². The zero-order valence-electron chi connectivity index (χ0n) is 15.8. The number of aromatic nitrogens is 3. The Morgan fingerprint density at radius 1 is 0.929 bits per heavy atom. The monoisotopic (exact) mass is 393 g/mol. The highest BCUT2D eigenvalue weighted by atomic mass is 32.1. The van der Waals surface area contributed by atoms with Gasteiger partial charge >= 0.3 is 0 Å². The molecule has 6 nitrogen and oxygen atoms in total. The third-order valence-corrected chi connectivity index (χ3v) is 5.10. The fourth-order valence-electron chi connectivity index (χ4n) is 2.90. The molecule has 4 rings (SSSR count). The third-order valence-electron chi connectivity index (χ3n) is 4.33. The Morgan fingerprint density at radius 2 is 1.68 bits per heavy atom. The predicted octanol–water partition coefficient (Wildman–Crippen LogP) is 4.78. The predicted molar refractivity (Wildman–Crippen MR) is 108 cm³/mol. The van der Waals surface area contributed by atoms with E-state index in [2.05, 4.69) is 20.5 Å². The largest absolute Gasteiger partial charge is 0.493 e. The molecule has 0 aliphatic carbocycles. The molecule has 0 saturated heterocycles. The number of hydrogen-bond acceptors (Lipinski definition) is 7. The van der Waals surface area contributed by atoms with Crippen LogP contribution in [0, 0.1) is 6.92 Å². The van der Waals surface area contributed by atoms with Crippen molar-refractivity contribution in [3.63, 3.8) is 0 Å². The molecule has 0 spiro atoms. The lowest BCUT2D eigenvalue weighted by Crippen LogP contribution is -1.94. The number of rotatable bonds is 6. The quantitative estimate of drug-likeness (QED) is 0.470. The average molecular weight is 393 g/mol. The number of aryl methyl sites for hydroxylation is 1. The minimum absolute atomic E-state index is 0.517. The molecule has 0 N–H and O–H groups in total. The number of benzene rings is 2. The van der Waals surface area contributed by atoms with Crippen LogP contribution >= 0.6 is 11.3 Å². The van der Waals surface area contributed by atoms with Crippen LogP contribution in [0.2, 0.25) is 0 Å². The summed E-state index contributed by atoms with van der Waals surface area (Å²) in [4.78, 5) is 9.03. The molecule has 0 amide bonds. The van der Waals surface area contributed by atoms with Crippen LogP contribution in [0.25, 0.3) is 22.6 Å². The SMILES string of the molecule is COc1ccc(Cc2nc(-c3ccc(-c4csc(C)n4)cc3)no2)cc1OC. The van der Waals surface area contributed by atoms with E-state index in [4.69, 9.17) is 14.0 Å². The van der Waals surface area contributed by atoms with Crippen molar-refractivity contribution >= 4 is 11.3 Å². The maximum absolute atomic E-state index is 5.43. The van der Waals surface area contributed by atoms with E-state index in [1.54, 1.807) is 25.6 Å². The standard InChI is InChI=1S/C21H19N3O3S/c1-13-22-17(12-28-13)15-5-7-16(8-6-15)21-23-20(27-24-21)11-14-4-9-18(25-2)19(10-14)26-3/h4-10,12H,11H2,1-3H3. The fourth-order valence-corrected chi connectivity index (χ4v) is 3.52. The summed E-state index contributed by atoms with van der Waals surface area (Å²) in [7, 11) is 3.23. The average Bonchev–Trinajstić information content (AvgIpc) is 3.37. The lowest BCUT2D eigenvalue weighted by atomic mass is 10.1. The molecular weight excluding hydrogens is 374 g/mol. The molecule has 0 atom stereocenters. The van der Waals surface area contributed by atoms with Crippen LogP contribution in [0.1, 0.15) is 16.5 Å². The molecule has 2 heterocycles.